The summed E-state index contributed by atoms with van der Waals surface area (Å²) in [5.41, 5.74) is 0. The van der Waals surface area contributed by atoms with Gasteiger partial charge in [0.1, 0.15) is 0 Å². The van der Waals surface area contributed by atoms with Crippen LogP contribution >= 0.6 is 11.8 Å². The number of nitrogens with zero attached hydrogens (tertiary/aromatic N) is 2. The molecule has 1 aromatic heterocycles. The molecule has 1 aromatic rings. The van der Waals surface area contributed by atoms with Crippen molar-refractivity contribution in [1.82, 2.24) is 9.55 Å². The second-order valence-electron chi connectivity index (χ2n) is 3.67. The van der Waals surface area contributed by atoms with E-state index >= 15 is 0 Å². The molecular weight excluding hydrogens is 168 g/mol. The Bertz CT molecular complexity index is 286. The van der Waals surface area contributed by atoms with Gasteiger partial charge in [-0.3, -0.25) is 0 Å². The van der Waals surface area contributed by atoms with Gasteiger partial charge in [-0.1, -0.05) is 11.8 Å². The van der Waals surface area contributed by atoms with E-state index < -0.39 is 0 Å². The van der Waals surface area contributed by atoms with Gasteiger partial charge in [-0.2, -0.15) is 0 Å². The first-order valence-corrected chi connectivity index (χ1v) is 5.51. The summed E-state index contributed by atoms with van der Waals surface area (Å²) in [6.45, 7) is 0. The quantitative estimate of drug-likeness (QED) is 0.711. The third-order valence-corrected chi connectivity index (χ3v) is 3.70. The van der Waals surface area contributed by atoms with E-state index in [1.54, 1.807) is 0 Å². The molecule has 64 valence electrons. The van der Waals surface area contributed by atoms with Crippen LogP contribution in [-0.2, 0) is 0 Å². The first-order chi connectivity index (χ1) is 5.93. The predicted octanol–water partition coefficient (Wildman–Crippen LogP) is 2.47. The minimum absolute atomic E-state index is 0.786. The van der Waals surface area contributed by atoms with Crippen molar-refractivity contribution >= 4 is 11.8 Å². The topological polar surface area (TPSA) is 17.8 Å². The molecule has 0 atom stereocenters. The number of hydrogen-bond acceptors (Lipinski definition) is 2. The van der Waals surface area contributed by atoms with Gasteiger partial charge in [0.05, 0.1) is 0 Å². The van der Waals surface area contributed by atoms with E-state index in [0.717, 1.165) is 11.3 Å². The van der Waals surface area contributed by atoms with Crippen LogP contribution < -0.4 is 0 Å². The first kappa shape index (κ1) is 7.01. The SMILES string of the molecule is c1cn(C2CC2)c(SC2CC2)n1. The smallest absolute Gasteiger partial charge is 0.168 e. The second kappa shape index (κ2) is 2.52. The normalized spacial score (nSPS) is 23.0. The van der Waals surface area contributed by atoms with Crippen molar-refractivity contribution in [2.45, 2.75) is 42.1 Å². The highest BCUT2D eigenvalue weighted by Gasteiger charge is 2.29. The predicted molar refractivity (Wildman–Crippen MR) is 49.4 cm³/mol. The lowest BCUT2D eigenvalue weighted by atomic mass is 10.7. The molecule has 2 nitrogen and oxygen atoms in total. The van der Waals surface area contributed by atoms with E-state index in [-0.39, 0.29) is 0 Å². The van der Waals surface area contributed by atoms with Crippen LogP contribution in [0.1, 0.15) is 31.7 Å². The number of aromatic nitrogens is 2. The Morgan fingerprint density at radius 1 is 1.33 bits per heavy atom. The number of rotatable bonds is 3. The van der Waals surface area contributed by atoms with Gasteiger partial charge in [-0.05, 0) is 25.7 Å². The van der Waals surface area contributed by atoms with Gasteiger partial charge < -0.3 is 4.57 Å². The van der Waals surface area contributed by atoms with Crippen molar-refractivity contribution in [3.8, 4) is 0 Å². The zero-order valence-electron chi connectivity index (χ0n) is 6.94. The van der Waals surface area contributed by atoms with E-state index in [4.69, 9.17) is 0 Å². The maximum Gasteiger partial charge on any atom is 0.168 e. The molecule has 2 fully saturated rings. The van der Waals surface area contributed by atoms with Crippen molar-refractivity contribution in [2.75, 3.05) is 0 Å². The van der Waals surface area contributed by atoms with Crippen LogP contribution in [0.15, 0.2) is 17.6 Å². The van der Waals surface area contributed by atoms with Gasteiger partial charge in [0.15, 0.2) is 5.16 Å². The third kappa shape index (κ3) is 1.26. The molecule has 0 radical (unpaired) electrons. The van der Waals surface area contributed by atoms with Gasteiger partial charge in [-0.15, -0.1) is 0 Å². The lowest BCUT2D eigenvalue weighted by Gasteiger charge is -2.03. The van der Waals surface area contributed by atoms with Crippen molar-refractivity contribution in [1.29, 1.82) is 0 Å². The molecule has 3 heteroatoms. The summed E-state index contributed by atoms with van der Waals surface area (Å²) in [5, 5.41) is 2.13. The molecule has 0 N–H and O–H groups in total. The summed E-state index contributed by atoms with van der Waals surface area (Å²) in [4.78, 5) is 4.38. The molecule has 0 spiro atoms. The highest BCUT2D eigenvalue weighted by Crippen LogP contribution is 2.42. The monoisotopic (exact) mass is 180 g/mol. The fourth-order valence-electron chi connectivity index (χ4n) is 1.36. The summed E-state index contributed by atoms with van der Waals surface area (Å²) in [7, 11) is 0. The van der Waals surface area contributed by atoms with E-state index in [2.05, 4.69) is 15.7 Å². The zero-order chi connectivity index (χ0) is 7.97. The maximum atomic E-state index is 4.38. The van der Waals surface area contributed by atoms with E-state index in [9.17, 15) is 0 Å². The minimum atomic E-state index is 0.786. The number of hydrogen-bond donors (Lipinski definition) is 0. The average Bonchev–Trinajstić information content (AvgIpc) is 2.93. The maximum absolute atomic E-state index is 4.38. The Kier molecular flexibility index (Phi) is 1.47. The van der Waals surface area contributed by atoms with Crippen LogP contribution in [0.3, 0.4) is 0 Å². The molecule has 0 aromatic carbocycles. The fourth-order valence-corrected chi connectivity index (χ4v) is 2.48. The summed E-state index contributed by atoms with van der Waals surface area (Å²) in [6, 6.07) is 0.786. The molecule has 2 aliphatic rings. The van der Waals surface area contributed by atoms with E-state index in [1.165, 1.54) is 30.8 Å². The minimum Gasteiger partial charge on any atom is -0.323 e. The molecule has 1 heterocycles. The summed E-state index contributed by atoms with van der Waals surface area (Å²) in [5.74, 6) is 0. The summed E-state index contributed by atoms with van der Waals surface area (Å²) in [6.07, 6.45) is 9.55. The number of imidazole rings is 1. The summed E-state index contributed by atoms with van der Waals surface area (Å²) < 4.78 is 2.35. The molecule has 0 bridgehead atoms. The van der Waals surface area contributed by atoms with Crippen LogP contribution in [0.4, 0.5) is 0 Å². The molecule has 0 aliphatic heterocycles. The van der Waals surface area contributed by atoms with Gasteiger partial charge in [0.25, 0.3) is 0 Å². The Labute approximate surface area is 76.4 Å². The Morgan fingerprint density at radius 2 is 2.17 bits per heavy atom. The van der Waals surface area contributed by atoms with Crippen molar-refractivity contribution in [3.63, 3.8) is 0 Å². The van der Waals surface area contributed by atoms with Crippen molar-refractivity contribution < 1.29 is 0 Å². The Morgan fingerprint density at radius 3 is 2.83 bits per heavy atom. The van der Waals surface area contributed by atoms with Crippen molar-refractivity contribution in [3.05, 3.63) is 12.4 Å². The van der Waals surface area contributed by atoms with Gasteiger partial charge in [0.2, 0.25) is 0 Å². The molecule has 0 amide bonds. The van der Waals surface area contributed by atoms with Gasteiger partial charge in [-0.25, -0.2) is 4.98 Å². The largest absolute Gasteiger partial charge is 0.323 e. The molecule has 0 saturated heterocycles. The molecular formula is C9H12N2S. The van der Waals surface area contributed by atoms with E-state index in [0.29, 0.717) is 0 Å². The molecule has 3 rings (SSSR count). The lowest BCUT2D eigenvalue weighted by Crippen LogP contribution is -1.94. The van der Waals surface area contributed by atoms with Crippen LogP contribution in [0.2, 0.25) is 0 Å². The number of thioether (sulfide) groups is 1. The Hall–Kier alpha value is -0.440. The summed E-state index contributed by atoms with van der Waals surface area (Å²) >= 11 is 1.96. The molecule has 0 unspecified atom stereocenters. The highest BCUT2D eigenvalue weighted by molar-refractivity contribution is 8.00. The van der Waals surface area contributed by atoms with Crippen LogP contribution in [0, 0.1) is 0 Å². The van der Waals surface area contributed by atoms with Crippen LogP contribution in [0.25, 0.3) is 0 Å². The van der Waals surface area contributed by atoms with Gasteiger partial charge >= 0.3 is 0 Å². The van der Waals surface area contributed by atoms with Crippen LogP contribution in [0.5, 0.6) is 0 Å². The van der Waals surface area contributed by atoms with Gasteiger partial charge in [0, 0.05) is 23.7 Å². The average molecular weight is 180 g/mol. The second-order valence-corrected chi connectivity index (χ2v) is 4.93. The zero-order valence-corrected chi connectivity index (χ0v) is 7.76. The molecule has 2 aliphatic carbocycles. The highest BCUT2D eigenvalue weighted by atomic mass is 32.2. The van der Waals surface area contributed by atoms with E-state index in [1.807, 2.05) is 18.0 Å². The third-order valence-electron chi connectivity index (χ3n) is 2.37. The molecule has 12 heavy (non-hydrogen) atoms. The Balaban J connectivity index is 1.81. The standard InChI is InChI=1S/C9H12N2S/c1-2-7(1)11-6-5-10-9(11)12-8-3-4-8/h5-8H,1-4H2. The van der Waals surface area contributed by atoms with Crippen molar-refractivity contribution in [2.24, 2.45) is 0 Å². The van der Waals surface area contributed by atoms with Crippen LogP contribution in [-0.4, -0.2) is 14.8 Å². The molecule has 2 saturated carbocycles. The fraction of sp³-hybridized carbons (Fsp3) is 0.667. The first-order valence-electron chi connectivity index (χ1n) is 4.63. The lowest BCUT2D eigenvalue weighted by molar-refractivity contribution is 0.663.